The van der Waals surface area contributed by atoms with Crippen molar-refractivity contribution in [1.29, 1.82) is 0 Å². The first-order valence-electron chi connectivity index (χ1n) is 12.1. The molecule has 37 heavy (non-hydrogen) atoms. The Balaban J connectivity index is 1.36. The summed E-state index contributed by atoms with van der Waals surface area (Å²) >= 11 is 0. The highest BCUT2D eigenvalue weighted by Gasteiger charge is 2.16. The summed E-state index contributed by atoms with van der Waals surface area (Å²) in [6.07, 6.45) is 0. The highest BCUT2D eigenvalue weighted by atomic mass is 16.2. The molecule has 5 rings (SSSR count). The Morgan fingerprint density at radius 2 is 0.919 bits per heavy atom. The van der Waals surface area contributed by atoms with Crippen LogP contribution in [0, 0.1) is 20.8 Å². The molecule has 0 radical (unpaired) electrons. The smallest absolute Gasteiger partial charge is 0.307 e. The van der Waals surface area contributed by atoms with Crippen LogP contribution in [-0.4, -0.2) is 12.1 Å². The topological polar surface area (TPSA) is 82.3 Å². The zero-order chi connectivity index (χ0) is 25.9. The van der Waals surface area contributed by atoms with E-state index >= 15 is 0 Å². The molecule has 6 nitrogen and oxygen atoms in total. The molecule has 5 aromatic rings. The Morgan fingerprint density at radius 1 is 0.514 bits per heavy atom. The van der Waals surface area contributed by atoms with Gasteiger partial charge in [0.2, 0.25) is 0 Å². The van der Waals surface area contributed by atoms with Gasteiger partial charge in [-0.15, -0.1) is 0 Å². The number of urea groups is 2. The average Bonchev–Trinajstić information content (AvgIpc) is 2.89. The van der Waals surface area contributed by atoms with E-state index in [1.165, 1.54) is 0 Å². The predicted octanol–water partition coefficient (Wildman–Crippen LogP) is 8.21. The highest BCUT2D eigenvalue weighted by molar-refractivity contribution is 6.09. The second-order valence-electron chi connectivity index (χ2n) is 9.10. The van der Waals surface area contributed by atoms with Crippen LogP contribution in [0.5, 0.6) is 0 Å². The Bertz CT molecular complexity index is 1530. The quantitative estimate of drug-likeness (QED) is 0.206. The van der Waals surface area contributed by atoms with Gasteiger partial charge in [0, 0.05) is 10.8 Å². The summed E-state index contributed by atoms with van der Waals surface area (Å²) in [6.45, 7) is 5.77. The first kappa shape index (κ1) is 23.9. The van der Waals surface area contributed by atoms with E-state index < -0.39 is 0 Å². The summed E-state index contributed by atoms with van der Waals surface area (Å²) in [5.41, 5.74) is 5.36. The molecule has 0 saturated carbocycles. The lowest BCUT2D eigenvalue weighted by Crippen LogP contribution is -2.23. The van der Waals surface area contributed by atoms with Crippen LogP contribution < -0.4 is 21.3 Å². The minimum absolute atomic E-state index is 0.349. The minimum Gasteiger partial charge on any atom is -0.307 e. The molecule has 0 atom stereocenters. The van der Waals surface area contributed by atoms with Crippen molar-refractivity contribution in [2.24, 2.45) is 0 Å². The fourth-order valence-electron chi connectivity index (χ4n) is 4.77. The number of anilines is 4. The van der Waals surface area contributed by atoms with Gasteiger partial charge in [-0.3, -0.25) is 0 Å². The van der Waals surface area contributed by atoms with E-state index in [-0.39, 0.29) is 12.1 Å². The van der Waals surface area contributed by atoms with E-state index in [1.807, 2.05) is 112 Å². The summed E-state index contributed by atoms with van der Waals surface area (Å²) in [7, 11) is 0. The third-order valence-corrected chi connectivity index (χ3v) is 6.52. The van der Waals surface area contributed by atoms with Crippen molar-refractivity contribution in [3.05, 3.63) is 108 Å². The molecular formula is C31H28N4O2. The number of hydrogen-bond donors (Lipinski definition) is 4. The van der Waals surface area contributed by atoms with E-state index in [0.717, 1.165) is 49.6 Å². The SMILES string of the molecule is Cc1cc(C)c(NC(=O)Nc2cccc3ccccc23)c(C)c1NC(=O)Nc1cccc2ccccc12. The van der Waals surface area contributed by atoms with Crippen LogP contribution in [0.15, 0.2) is 91.0 Å². The fraction of sp³-hybridized carbons (Fsp3) is 0.0968. The Kier molecular flexibility index (Phi) is 6.47. The second-order valence-corrected chi connectivity index (χ2v) is 9.10. The number of fused-ring (bicyclic) bond motifs is 2. The van der Waals surface area contributed by atoms with Gasteiger partial charge < -0.3 is 21.3 Å². The van der Waals surface area contributed by atoms with Crippen molar-refractivity contribution < 1.29 is 9.59 Å². The van der Waals surface area contributed by atoms with Crippen molar-refractivity contribution in [1.82, 2.24) is 0 Å². The van der Waals surface area contributed by atoms with Gasteiger partial charge in [0.25, 0.3) is 0 Å². The molecule has 0 aliphatic heterocycles. The predicted molar refractivity (Wildman–Crippen MR) is 154 cm³/mol. The van der Waals surface area contributed by atoms with E-state index in [1.54, 1.807) is 0 Å². The second kappa shape index (κ2) is 10.0. The van der Waals surface area contributed by atoms with E-state index in [9.17, 15) is 9.59 Å². The van der Waals surface area contributed by atoms with Crippen molar-refractivity contribution in [2.75, 3.05) is 21.3 Å². The molecule has 0 heterocycles. The lowest BCUT2D eigenvalue weighted by Gasteiger charge is -2.19. The van der Waals surface area contributed by atoms with Gasteiger partial charge in [0.1, 0.15) is 0 Å². The average molecular weight is 489 g/mol. The van der Waals surface area contributed by atoms with Crippen molar-refractivity contribution >= 4 is 56.4 Å². The van der Waals surface area contributed by atoms with Crippen LogP contribution in [0.4, 0.5) is 32.3 Å². The number of benzene rings is 5. The minimum atomic E-state index is -0.349. The number of aryl methyl sites for hydroxylation is 2. The van der Waals surface area contributed by atoms with Crippen LogP contribution in [0.3, 0.4) is 0 Å². The fourth-order valence-corrected chi connectivity index (χ4v) is 4.77. The first-order valence-corrected chi connectivity index (χ1v) is 12.1. The van der Waals surface area contributed by atoms with Gasteiger partial charge in [-0.05, 0) is 60.4 Å². The number of amides is 4. The molecule has 0 unspecified atom stereocenters. The normalized spacial score (nSPS) is 10.8. The maximum atomic E-state index is 13.0. The van der Waals surface area contributed by atoms with Gasteiger partial charge in [-0.2, -0.15) is 0 Å². The Morgan fingerprint density at radius 3 is 1.38 bits per heavy atom. The molecule has 4 N–H and O–H groups in total. The lowest BCUT2D eigenvalue weighted by molar-refractivity contribution is 0.261. The summed E-state index contributed by atoms with van der Waals surface area (Å²) in [6, 6.07) is 28.6. The number of hydrogen-bond acceptors (Lipinski definition) is 2. The molecule has 0 spiro atoms. The molecule has 0 aliphatic rings. The standard InChI is InChI=1S/C31H28N4O2/c1-19-18-20(2)29(35-31(37)33-27-17-9-13-23-11-5-7-15-25(23)27)21(3)28(19)34-30(36)32-26-16-8-12-22-10-4-6-14-24(22)26/h4-18H,1-3H3,(H2,32,34,36)(H2,33,35,37). The van der Waals surface area contributed by atoms with Crippen LogP contribution in [-0.2, 0) is 0 Å². The molecular weight excluding hydrogens is 460 g/mol. The molecule has 0 bridgehead atoms. The molecule has 4 amide bonds. The van der Waals surface area contributed by atoms with E-state index in [0.29, 0.717) is 11.4 Å². The maximum absolute atomic E-state index is 13.0. The molecule has 0 saturated heterocycles. The van der Waals surface area contributed by atoms with Gasteiger partial charge in [0.15, 0.2) is 0 Å². The van der Waals surface area contributed by atoms with E-state index in [2.05, 4.69) is 21.3 Å². The first-order chi connectivity index (χ1) is 17.9. The Labute approximate surface area is 215 Å². The van der Waals surface area contributed by atoms with Crippen molar-refractivity contribution in [3.8, 4) is 0 Å². The van der Waals surface area contributed by atoms with Gasteiger partial charge in [-0.1, -0.05) is 78.9 Å². The van der Waals surface area contributed by atoms with Crippen LogP contribution in [0.2, 0.25) is 0 Å². The third-order valence-electron chi connectivity index (χ3n) is 6.52. The number of carbonyl (C=O) groups excluding carboxylic acids is 2. The largest absolute Gasteiger partial charge is 0.323 e. The summed E-state index contributed by atoms with van der Waals surface area (Å²) in [4.78, 5) is 26.0. The number of rotatable bonds is 4. The highest BCUT2D eigenvalue weighted by Crippen LogP contribution is 2.32. The lowest BCUT2D eigenvalue weighted by atomic mass is 10.0. The molecule has 6 heteroatoms. The zero-order valence-corrected chi connectivity index (χ0v) is 21.0. The monoisotopic (exact) mass is 488 g/mol. The molecule has 0 fully saturated rings. The molecule has 0 aliphatic carbocycles. The molecule has 5 aromatic carbocycles. The third kappa shape index (κ3) is 4.95. The van der Waals surface area contributed by atoms with Gasteiger partial charge in [0.05, 0.1) is 22.7 Å². The molecule has 0 aromatic heterocycles. The summed E-state index contributed by atoms with van der Waals surface area (Å²) in [5.74, 6) is 0. The Hall–Kier alpha value is -4.84. The molecule has 184 valence electrons. The maximum Gasteiger partial charge on any atom is 0.323 e. The van der Waals surface area contributed by atoms with E-state index in [4.69, 9.17) is 0 Å². The van der Waals surface area contributed by atoms with Crippen LogP contribution in [0.25, 0.3) is 21.5 Å². The van der Waals surface area contributed by atoms with Crippen LogP contribution >= 0.6 is 0 Å². The number of carbonyl (C=O) groups is 2. The van der Waals surface area contributed by atoms with Crippen molar-refractivity contribution in [2.45, 2.75) is 20.8 Å². The van der Waals surface area contributed by atoms with Crippen molar-refractivity contribution in [3.63, 3.8) is 0 Å². The zero-order valence-electron chi connectivity index (χ0n) is 21.0. The summed E-state index contributed by atoms with van der Waals surface area (Å²) < 4.78 is 0. The van der Waals surface area contributed by atoms with Crippen LogP contribution in [0.1, 0.15) is 16.7 Å². The van der Waals surface area contributed by atoms with Gasteiger partial charge in [-0.25, -0.2) is 9.59 Å². The number of nitrogens with one attached hydrogen (secondary N) is 4. The van der Waals surface area contributed by atoms with Gasteiger partial charge >= 0.3 is 12.1 Å². The summed E-state index contributed by atoms with van der Waals surface area (Å²) in [5, 5.41) is 15.9.